The summed E-state index contributed by atoms with van der Waals surface area (Å²) in [4.78, 5) is 14.5. The Labute approximate surface area is 103 Å². The molecule has 0 amide bonds. The zero-order valence-corrected chi connectivity index (χ0v) is 10.2. The molecule has 2 aromatic rings. The molecule has 0 radical (unpaired) electrons. The molecule has 1 N–H and O–H groups in total. The first-order chi connectivity index (χ1) is 7.56. The van der Waals surface area contributed by atoms with E-state index >= 15 is 0 Å². The molecule has 1 heterocycles. The molecule has 0 aliphatic carbocycles. The van der Waals surface area contributed by atoms with Crippen LogP contribution in [-0.4, -0.2) is 16.1 Å². The molecule has 0 bridgehead atoms. The number of nitrogens with zero attached hydrogens (tertiary/aromatic N) is 1. The van der Waals surface area contributed by atoms with Gasteiger partial charge in [-0.1, -0.05) is 15.9 Å². The van der Waals surface area contributed by atoms with Gasteiger partial charge in [-0.3, -0.25) is 0 Å². The Morgan fingerprint density at radius 3 is 2.75 bits per heavy atom. The molecule has 82 valence electrons. The van der Waals surface area contributed by atoms with E-state index in [1.54, 1.807) is 6.07 Å². The molecule has 16 heavy (non-hydrogen) atoms. The second kappa shape index (κ2) is 4.31. The minimum Gasteiger partial charge on any atom is -0.476 e. The van der Waals surface area contributed by atoms with Gasteiger partial charge in [-0.25, -0.2) is 14.2 Å². The highest BCUT2D eigenvalue weighted by atomic mass is 79.9. The highest BCUT2D eigenvalue weighted by Crippen LogP contribution is 2.27. The number of halogens is 2. The van der Waals surface area contributed by atoms with Gasteiger partial charge in [0.2, 0.25) is 0 Å². The Morgan fingerprint density at radius 1 is 1.44 bits per heavy atom. The summed E-state index contributed by atoms with van der Waals surface area (Å²) >= 11 is 4.34. The Kier molecular flexibility index (Phi) is 3.02. The fraction of sp³-hybridized carbons (Fsp3) is 0. The van der Waals surface area contributed by atoms with Crippen LogP contribution in [-0.2, 0) is 0 Å². The number of carboxylic acids is 1. The zero-order chi connectivity index (χ0) is 11.7. The van der Waals surface area contributed by atoms with Crippen LogP contribution in [0.15, 0.2) is 28.1 Å². The number of hydrogen-bond acceptors (Lipinski definition) is 3. The van der Waals surface area contributed by atoms with E-state index in [1.807, 2.05) is 0 Å². The van der Waals surface area contributed by atoms with Crippen LogP contribution >= 0.6 is 27.3 Å². The molecule has 0 unspecified atom stereocenters. The monoisotopic (exact) mass is 301 g/mol. The molecule has 1 aromatic heterocycles. The molecule has 2 rings (SSSR count). The van der Waals surface area contributed by atoms with Gasteiger partial charge in [-0.15, -0.1) is 11.3 Å². The highest BCUT2D eigenvalue weighted by molar-refractivity contribution is 9.10. The van der Waals surface area contributed by atoms with E-state index in [-0.39, 0.29) is 5.69 Å². The number of hydrogen-bond donors (Lipinski definition) is 1. The van der Waals surface area contributed by atoms with Gasteiger partial charge < -0.3 is 5.11 Å². The van der Waals surface area contributed by atoms with Crippen molar-refractivity contribution in [1.29, 1.82) is 0 Å². The molecule has 0 aliphatic rings. The van der Waals surface area contributed by atoms with E-state index in [0.717, 1.165) is 0 Å². The highest BCUT2D eigenvalue weighted by Gasteiger charge is 2.11. The van der Waals surface area contributed by atoms with E-state index in [2.05, 4.69) is 20.9 Å². The third-order valence-electron chi connectivity index (χ3n) is 1.83. The lowest BCUT2D eigenvalue weighted by molar-refractivity contribution is 0.0691. The first kappa shape index (κ1) is 11.2. The number of aromatic nitrogens is 1. The molecule has 1 aromatic carbocycles. The maximum absolute atomic E-state index is 13.1. The van der Waals surface area contributed by atoms with Crippen LogP contribution in [0.5, 0.6) is 0 Å². The fourth-order valence-electron chi connectivity index (χ4n) is 1.18. The van der Waals surface area contributed by atoms with Crippen molar-refractivity contribution in [1.82, 2.24) is 4.98 Å². The molecule has 6 heteroatoms. The molecule has 0 aliphatic heterocycles. The molecular weight excluding hydrogens is 297 g/mol. The predicted octanol–water partition coefficient (Wildman–Crippen LogP) is 3.41. The maximum atomic E-state index is 13.1. The standard InChI is InChI=1S/C10H5BrFNO2S/c11-6-1-5(2-7(12)3-6)9-13-8(4-16-9)10(14)15/h1-4H,(H,14,15). The number of aromatic carboxylic acids is 1. The van der Waals surface area contributed by atoms with Crippen LogP contribution in [0.2, 0.25) is 0 Å². The molecule has 3 nitrogen and oxygen atoms in total. The summed E-state index contributed by atoms with van der Waals surface area (Å²) in [5.41, 5.74) is 0.532. The van der Waals surface area contributed by atoms with Crippen molar-refractivity contribution >= 4 is 33.2 Å². The average Bonchev–Trinajstić information content (AvgIpc) is 2.64. The van der Waals surface area contributed by atoms with E-state index < -0.39 is 11.8 Å². The van der Waals surface area contributed by atoms with Gasteiger partial charge in [-0.05, 0) is 18.2 Å². The van der Waals surface area contributed by atoms with Gasteiger partial charge >= 0.3 is 5.97 Å². The van der Waals surface area contributed by atoms with Gasteiger partial charge in [0.15, 0.2) is 5.69 Å². The van der Waals surface area contributed by atoms with Crippen molar-refractivity contribution in [2.75, 3.05) is 0 Å². The fourth-order valence-corrected chi connectivity index (χ4v) is 2.43. The summed E-state index contributed by atoms with van der Waals surface area (Å²) in [5.74, 6) is -1.48. The van der Waals surface area contributed by atoms with Crippen LogP contribution in [0.1, 0.15) is 10.5 Å². The Morgan fingerprint density at radius 2 is 2.19 bits per heavy atom. The van der Waals surface area contributed by atoms with Crippen LogP contribution in [0.25, 0.3) is 10.6 Å². The van der Waals surface area contributed by atoms with E-state index in [9.17, 15) is 9.18 Å². The van der Waals surface area contributed by atoms with Crippen LogP contribution in [0, 0.1) is 5.82 Å². The normalized spacial score (nSPS) is 10.4. The third kappa shape index (κ3) is 2.28. The number of carbonyl (C=O) groups is 1. The quantitative estimate of drug-likeness (QED) is 0.925. The Hall–Kier alpha value is -1.27. The van der Waals surface area contributed by atoms with Gasteiger partial charge in [0.1, 0.15) is 10.8 Å². The molecule has 0 atom stereocenters. The molecule has 0 fully saturated rings. The summed E-state index contributed by atoms with van der Waals surface area (Å²) in [5, 5.41) is 10.6. The smallest absolute Gasteiger partial charge is 0.355 e. The summed E-state index contributed by atoms with van der Waals surface area (Å²) in [6.07, 6.45) is 0. The minimum absolute atomic E-state index is 0.0274. The summed E-state index contributed by atoms with van der Waals surface area (Å²) in [7, 11) is 0. The van der Waals surface area contributed by atoms with Crippen molar-refractivity contribution < 1.29 is 14.3 Å². The largest absolute Gasteiger partial charge is 0.476 e. The number of carboxylic acid groups (broad SMARTS) is 1. The van der Waals surface area contributed by atoms with Crippen molar-refractivity contribution in [2.45, 2.75) is 0 Å². The topological polar surface area (TPSA) is 50.2 Å². The predicted molar refractivity (Wildman–Crippen MR) is 62.2 cm³/mol. The first-order valence-electron chi connectivity index (χ1n) is 4.21. The maximum Gasteiger partial charge on any atom is 0.355 e. The van der Waals surface area contributed by atoms with Crippen molar-refractivity contribution in [3.8, 4) is 10.6 Å². The van der Waals surface area contributed by atoms with Crippen molar-refractivity contribution in [2.24, 2.45) is 0 Å². The first-order valence-corrected chi connectivity index (χ1v) is 5.89. The molecule has 0 saturated carbocycles. The Bertz CT molecular complexity index is 535. The Balaban J connectivity index is 2.46. The average molecular weight is 302 g/mol. The van der Waals surface area contributed by atoms with Crippen LogP contribution in [0.3, 0.4) is 0 Å². The SMILES string of the molecule is O=C(O)c1csc(-c2cc(F)cc(Br)c2)n1. The number of thiazole rings is 1. The molecule has 0 saturated heterocycles. The van der Waals surface area contributed by atoms with Gasteiger partial charge in [-0.2, -0.15) is 0 Å². The molecule has 0 spiro atoms. The van der Waals surface area contributed by atoms with Crippen molar-refractivity contribution in [3.63, 3.8) is 0 Å². The summed E-state index contributed by atoms with van der Waals surface area (Å²) < 4.78 is 13.7. The van der Waals surface area contributed by atoms with Crippen LogP contribution in [0.4, 0.5) is 4.39 Å². The second-order valence-corrected chi connectivity index (χ2v) is 4.77. The molecular formula is C10H5BrFNO2S. The summed E-state index contributed by atoms with van der Waals surface area (Å²) in [6.45, 7) is 0. The lowest BCUT2D eigenvalue weighted by Crippen LogP contribution is -1.95. The summed E-state index contributed by atoms with van der Waals surface area (Å²) in [6, 6.07) is 4.33. The van der Waals surface area contributed by atoms with E-state index in [1.165, 1.54) is 28.8 Å². The second-order valence-electron chi connectivity index (χ2n) is 3.00. The number of benzene rings is 1. The minimum atomic E-state index is -1.09. The lowest BCUT2D eigenvalue weighted by atomic mass is 10.2. The van der Waals surface area contributed by atoms with E-state index in [0.29, 0.717) is 15.0 Å². The van der Waals surface area contributed by atoms with Gasteiger partial charge in [0, 0.05) is 15.4 Å². The van der Waals surface area contributed by atoms with Gasteiger partial charge in [0.25, 0.3) is 0 Å². The number of rotatable bonds is 2. The lowest BCUT2D eigenvalue weighted by Gasteiger charge is -1.97. The van der Waals surface area contributed by atoms with E-state index in [4.69, 9.17) is 5.11 Å². The van der Waals surface area contributed by atoms with Crippen LogP contribution < -0.4 is 0 Å². The third-order valence-corrected chi connectivity index (χ3v) is 3.18. The van der Waals surface area contributed by atoms with Crippen molar-refractivity contribution in [3.05, 3.63) is 39.6 Å². The zero-order valence-electron chi connectivity index (χ0n) is 7.78. The van der Waals surface area contributed by atoms with Gasteiger partial charge in [0.05, 0.1) is 0 Å².